The van der Waals surface area contributed by atoms with Crippen molar-refractivity contribution in [3.8, 4) is 0 Å². The second-order valence-corrected chi connectivity index (χ2v) is 5.35. The van der Waals surface area contributed by atoms with Crippen molar-refractivity contribution in [1.29, 1.82) is 0 Å². The SMILES string of the molecule is c1cc2c(c(NC3CCCCC3)c1)CNCC2. The van der Waals surface area contributed by atoms with Gasteiger partial charge in [0.15, 0.2) is 0 Å². The Morgan fingerprint density at radius 2 is 2.00 bits per heavy atom. The zero-order chi connectivity index (χ0) is 11.5. The molecule has 92 valence electrons. The summed E-state index contributed by atoms with van der Waals surface area (Å²) in [5.74, 6) is 0. The first-order chi connectivity index (χ1) is 8.43. The Kier molecular flexibility index (Phi) is 3.32. The summed E-state index contributed by atoms with van der Waals surface area (Å²) in [4.78, 5) is 0. The summed E-state index contributed by atoms with van der Waals surface area (Å²) in [7, 11) is 0. The average Bonchev–Trinajstić information content (AvgIpc) is 2.40. The summed E-state index contributed by atoms with van der Waals surface area (Å²) in [5.41, 5.74) is 4.41. The molecule has 1 saturated carbocycles. The predicted molar refractivity (Wildman–Crippen MR) is 72.3 cm³/mol. The molecule has 2 N–H and O–H groups in total. The van der Waals surface area contributed by atoms with Crippen LogP contribution >= 0.6 is 0 Å². The highest BCUT2D eigenvalue weighted by Gasteiger charge is 2.17. The third-order valence-corrected chi connectivity index (χ3v) is 4.11. The van der Waals surface area contributed by atoms with Gasteiger partial charge in [0.05, 0.1) is 0 Å². The van der Waals surface area contributed by atoms with Gasteiger partial charge in [0.1, 0.15) is 0 Å². The molecule has 0 spiro atoms. The molecular weight excluding hydrogens is 208 g/mol. The third kappa shape index (κ3) is 2.47. The Hall–Kier alpha value is -1.02. The molecule has 0 aromatic heterocycles. The topological polar surface area (TPSA) is 24.1 Å². The highest BCUT2D eigenvalue weighted by atomic mass is 14.9. The van der Waals surface area contributed by atoms with Gasteiger partial charge >= 0.3 is 0 Å². The number of hydrogen-bond donors (Lipinski definition) is 2. The van der Waals surface area contributed by atoms with Gasteiger partial charge in [0.2, 0.25) is 0 Å². The van der Waals surface area contributed by atoms with Gasteiger partial charge in [-0.1, -0.05) is 31.4 Å². The van der Waals surface area contributed by atoms with E-state index in [1.807, 2.05) is 0 Å². The lowest BCUT2D eigenvalue weighted by Gasteiger charge is -2.27. The summed E-state index contributed by atoms with van der Waals surface area (Å²) in [5, 5.41) is 7.25. The summed E-state index contributed by atoms with van der Waals surface area (Å²) >= 11 is 0. The maximum absolute atomic E-state index is 3.77. The number of hydrogen-bond acceptors (Lipinski definition) is 2. The fraction of sp³-hybridized carbons (Fsp3) is 0.600. The molecule has 2 nitrogen and oxygen atoms in total. The van der Waals surface area contributed by atoms with Crippen molar-refractivity contribution >= 4 is 5.69 Å². The van der Waals surface area contributed by atoms with E-state index in [1.54, 1.807) is 0 Å². The minimum Gasteiger partial charge on any atom is -0.382 e. The van der Waals surface area contributed by atoms with E-state index >= 15 is 0 Å². The standard InChI is InChI=1S/C15H22N2/c1-2-6-13(7-3-1)17-15-8-4-5-12-9-10-16-11-14(12)15/h4-5,8,13,16-17H,1-3,6-7,9-11H2. The maximum atomic E-state index is 3.77. The smallest absolute Gasteiger partial charge is 0.0390 e. The quantitative estimate of drug-likeness (QED) is 0.816. The van der Waals surface area contributed by atoms with E-state index in [0.29, 0.717) is 6.04 Å². The van der Waals surface area contributed by atoms with E-state index in [1.165, 1.54) is 55.3 Å². The van der Waals surface area contributed by atoms with E-state index in [-0.39, 0.29) is 0 Å². The van der Waals surface area contributed by atoms with Crippen LogP contribution in [-0.4, -0.2) is 12.6 Å². The largest absolute Gasteiger partial charge is 0.382 e. The van der Waals surface area contributed by atoms with Crippen molar-refractivity contribution in [2.75, 3.05) is 11.9 Å². The lowest BCUT2D eigenvalue weighted by Crippen LogP contribution is -2.27. The normalized spacial score (nSPS) is 20.9. The number of anilines is 1. The van der Waals surface area contributed by atoms with Crippen LogP contribution in [0, 0.1) is 0 Å². The van der Waals surface area contributed by atoms with Crippen molar-refractivity contribution in [1.82, 2.24) is 5.32 Å². The fourth-order valence-corrected chi connectivity index (χ4v) is 3.12. The zero-order valence-electron chi connectivity index (χ0n) is 10.5. The summed E-state index contributed by atoms with van der Waals surface area (Å²) in [6, 6.07) is 7.44. The van der Waals surface area contributed by atoms with Crippen molar-refractivity contribution in [3.05, 3.63) is 29.3 Å². The van der Waals surface area contributed by atoms with Crippen LogP contribution in [0.25, 0.3) is 0 Å². The van der Waals surface area contributed by atoms with Gasteiger partial charge in [0, 0.05) is 18.3 Å². The molecule has 0 bridgehead atoms. The monoisotopic (exact) mass is 230 g/mol. The molecule has 1 aliphatic carbocycles. The van der Waals surface area contributed by atoms with Gasteiger partial charge in [-0.05, 0) is 43.0 Å². The van der Waals surface area contributed by atoms with Gasteiger partial charge in [-0.25, -0.2) is 0 Å². The van der Waals surface area contributed by atoms with Crippen molar-refractivity contribution in [3.63, 3.8) is 0 Å². The number of benzene rings is 1. The highest BCUT2D eigenvalue weighted by molar-refractivity contribution is 5.56. The molecule has 2 aliphatic rings. The Bertz CT molecular complexity index is 381. The van der Waals surface area contributed by atoms with Crippen molar-refractivity contribution < 1.29 is 0 Å². The molecule has 0 saturated heterocycles. The summed E-state index contributed by atoms with van der Waals surface area (Å²) in [6.07, 6.45) is 8.08. The van der Waals surface area contributed by atoms with Crippen LogP contribution in [0.4, 0.5) is 5.69 Å². The maximum Gasteiger partial charge on any atom is 0.0390 e. The Labute approximate surface area is 104 Å². The van der Waals surface area contributed by atoms with Crippen molar-refractivity contribution in [2.24, 2.45) is 0 Å². The molecule has 1 aliphatic heterocycles. The molecule has 1 heterocycles. The zero-order valence-corrected chi connectivity index (χ0v) is 10.5. The second kappa shape index (κ2) is 5.09. The Morgan fingerprint density at radius 1 is 1.12 bits per heavy atom. The first kappa shape index (κ1) is 11.1. The first-order valence-corrected chi connectivity index (χ1v) is 7.01. The lowest BCUT2D eigenvalue weighted by atomic mass is 9.94. The lowest BCUT2D eigenvalue weighted by molar-refractivity contribution is 0.462. The van der Waals surface area contributed by atoms with E-state index < -0.39 is 0 Å². The van der Waals surface area contributed by atoms with Gasteiger partial charge < -0.3 is 10.6 Å². The van der Waals surface area contributed by atoms with Crippen LogP contribution in [0.2, 0.25) is 0 Å². The third-order valence-electron chi connectivity index (χ3n) is 4.11. The molecule has 2 heteroatoms. The van der Waals surface area contributed by atoms with Crippen LogP contribution in [0.15, 0.2) is 18.2 Å². The van der Waals surface area contributed by atoms with Gasteiger partial charge in [-0.2, -0.15) is 0 Å². The molecule has 0 unspecified atom stereocenters. The van der Waals surface area contributed by atoms with E-state index in [0.717, 1.165) is 13.1 Å². The van der Waals surface area contributed by atoms with Gasteiger partial charge in [-0.15, -0.1) is 0 Å². The van der Waals surface area contributed by atoms with Crippen LogP contribution in [0.5, 0.6) is 0 Å². The fourth-order valence-electron chi connectivity index (χ4n) is 3.12. The molecule has 1 fully saturated rings. The van der Waals surface area contributed by atoms with E-state index in [2.05, 4.69) is 28.8 Å². The summed E-state index contributed by atoms with van der Waals surface area (Å²) in [6.45, 7) is 2.16. The highest BCUT2D eigenvalue weighted by Crippen LogP contribution is 2.27. The molecule has 0 radical (unpaired) electrons. The summed E-state index contributed by atoms with van der Waals surface area (Å²) < 4.78 is 0. The molecule has 3 rings (SSSR count). The Balaban J connectivity index is 1.77. The average molecular weight is 230 g/mol. The molecule has 0 amide bonds. The number of fused-ring (bicyclic) bond motifs is 1. The minimum absolute atomic E-state index is 0.706. The first-order valence-electron chi connectivity index (χ1n) is 7.01. The minimum atomic E-state index is 0.706. The molecule has 0 atom stereocenters. The Morgan fingerprint density at radius 3 is 2.88 bits per heavy atom. The van der Waals surface area contributed by atoms with Crippen LogP contribution in [0.1, 0.15) is 43.2 Å². The second-order valence-electron chi connectivity index (χ2n) is 5.35. The van der Waals surface area contributed by atoms with Gasteiger partial charge in [0.25, 0.3) is 0 Å². The molecule has 17 heavy (non-hydrogen) atoms. The number of nitrogens with one attached hydrogen (secondary N) is 2. The van der Waals surface area contributed by atoms with Crippen LogP contribution in [-0.2, 0) is 13.0 Å². The van der Waals surface area contributed by atoms with E-state index in [4.69, 9.17) is 0 Å². The van der Waals surface area contributed by atoms with E-state index in [9.17, 15) is 0 Å². The van der Waals surface area contributed by atoms with Crippen molar-refractivity contribution in [2.45, 2.75) is 51.1 Å². The number of rotatable bonds is 2. The van der Waals surface area contributed by atoms with Gasteiger partial charge in [-0.3, -0.25) is 0 Å². The van der Waals surface area contributed by atoms with Crippen LogP contribution < -0.4 is 10.6 Å². The molecule has 1 aromatic rings. The predicted octanol–water partition coefficient (Wildman–Crippen LogP) is 3.08. The van der Waals surface area contributed by atoms with Crippen LogP contribution in [0.3, 0.4) is 0 Å². The molecule has 1 aromatic carbocycles. The molecular formula is C15H22N2.